The fraction of sp³-hybridized carbons (Fsp3) is 0.407. The molecule has 4 rings (SSSR count). The van der Waals surface area contributed by atoms with Gasteiger partial charge in [0.1, 0.15) is 0 Å². The van der Waals surface area contributed by atoms with E-state index >= 15 is 0 Å². The summed E-state index contributed by atoms with van der Waals surface area (Å²) >= 11 is 1.43. The summed E-state index contributed by atoms with van der Waals surface area (Å²) in [5.74, 6) is 0.452. The number of amides is 1. The van der Waals surface area contributed by atoms with Gasteiger partial charge in [-0.05, 0) is 86.3 Å². The van der Waals surface area contributed by atoms with E-state index in [2.05, 4.69) is 50.9 Å². The van der Waals surface area contributed by atoms with Crippen molar-refractivity contribution >= 4 is 40.3 Å². The van der Waals surface area contributed by atoms with Crippen molar-refractivity contribution in [3.8, 4) is 0 Å². The first-order valence-corrected chi connectivity index (χ1v) is 12.4. The number of anilines is 1. The molecular formula is C27H33N3O2S. The number of carbonyl (C=O) groups is 1. The first kappa shape index (κ1) is 23.6. The number of hydrogen-bond acceptors (Lipinski definition) is 5. The lowest BCUT2D eigenvalue weighted by Crippen LogP contribution is -2.45. The topological polar surface area (TPSA) is 45.1 Å². The molecule has 1 fully saturated rings. The minimum atomic E-state index is -0.0154. The normalized spacial score (nSPS) is 22.3. The molecule has 0 aromatic heterocycles. The predicted molar refractivity (Wildman–Crippen MR) is 139 cm³/mol. The van der Waals surface area contributed by atoms with Gasteiger partial charge in [-0.25, -0.2) is 4.99 Å². The summed E-state index contributed by atoms with van der Waals surface area (Å²) in [7, 11) is 2.17. The standard InChI is InChI=1S/C27H33N3O2S/c1-6-32-15-14-30-25(31)24(33-26(30)28-21-10-8-7-9-11-21)17-20-12-13-23-22(16-20)19(2)18-27(3,4)29(23)5/h7-13,16-17,19H,6,14-15,18H2,1-5H3/b24-17+,28-26?. The quantitative estimate of drug-likeness (QED) is 0.386. The molecule has 5 nitrogen and oxygen atoms in total. The van der Waals surface area contributed by atoms with Crippen LogP contribution in [0.3, 0.4) is 0 Å². The predicted octanol–water partition coefficient (Wildman–Crippen LogP) is 6.05. The van der Waals surface area contributed by atoms with Gasteiger partial charge in [-0.1, -0.05) is 31.2 Å². The van der Waals surface area contributed by atoms with Crippen molar-refractivity contribution in [3.63, 3.8) is 0 Å². The van der Waals surface area contributed by atoms with Crippen molar-refractivity contribution in [3.05, 3.63) is 64.6 Å². The molecule has 33 heavy (non-hydrogen) atoms. The SMILES string of the molecule is CCOCCN1C(=O)/C(=C\c2ccc3c(c2)C(C)CC(C)(C)N3C)SC1=Nc1ccccc1. The summed E-state index contributed by atoms with van der Waals surface area (Å²) in [6, 6.07) is 16.3. The fourth-order valence-electron chi connectivity index (χ4n) is 4.54. The molecule has 1 saturated heterocycles. The van der Waals surface area contributed by atoms with Crippen molar-refractivity contribution in [2.75, 3.05) is 31.7 Å². The maximum Gasteiger partial charge on any atom is 0.266 e. The molecule has 0 spiro atoms. The zero-order valence-electron chi connectivity index (χ0n) is 20.2. The summed E-state index contributed by atoms with van der Waals surface area (Å²) in [6.07, 6.45) is 3.10. The van der Waals surface area contributed by atoms with Crippen LogP contribution in [0.2, 0.25) is 0 Å². The largest absolute Gasteiger partial charge is 0.380 e. The first-order valence-electron chi connectivity index (χ1n) is 11.6. The number of hydrogen-bond donors (Lipinski definition) is 0. The average Bonchev–Trinajstić information content (AvgIpc) is 3.07. The third-order valence-corrected chi connectivity index (χ3v) is 7.49. The highest BCUT2D eigenvalue weighted by Crippen LogP contribution is 2.43. The first-order chi connectivity index (χ1) is 15.8. The van der Waals surface area contributed by atoms with Crippen molar-refractivity contribution in [2.24, 2.45) is 4.99 Å². The molecule has 2 heterocycles. The van der Waals surface area contributed by atoms with Gasteiger partial charge in [0, 0.05) is 24.9 Å². The van der Waals surface area contributed by atoms with E-state index in [-0.39, 0.29) is 11.4 Å². The van der Waals surface area contributed by atoms with Crippen LogP contribution < -0.4 is 4.90 Å². The Bertz CT molecular complexity index is 1080. The van der Waals surface area contributed by atoms with Gasteiger partial charge in [0.05, 0.1) is 23.7 Å². The Kier molecular flexibility index (Phi) is 6.96. The lowest BCUT2D eigenvalue weighted by molar-refractivity contribution is -0.122. The van der Waals surface area contributed by atoms with Crippen LogP contribution in [0.25, 0.3) is 6.08 Å². The van der Waals surface area contributed by atoms with Crippen LogP contribution in [-0.4, -0.2) is 48.3 Å². The molecular weight excluding hydrogens is 430 g/mol. The molecule has 174 valence electrons. The number of para-hydroxylation sites is 1. The number of carbonyl (C=O) groups excluding carboxylic acids is 1. The van der Waals surface area contributed by atoms with E-state index in [4.69, 9.17) is 9.73 Å². The molecule has 2 aromatic carbocycles. The number of thioether (sulfide) groups is 1. The Morgan fingerprint density at radius 1 is 1.21 bits per heavy atom. The van der Waals surface area contributed by atoms with Crippen LogP contribution in [0, 0.1) is 0 Å². The molecule has 2 aliphatic rings. The van der Waals surface area contributed by atoms with E-state index in [0.29, 0.717) is 35.7 Å². The summed E-state index contributed by atoms with van der Waals surface area (Å²) in [4.78, 5) is 22.8. The number of rotatable bonds is 6. The lowest BCUT2D eigenvalue weighted by Gasteiger charge is -2.45. The maximum atomic E-state index is 13.3. The molecule has 0 aliphatic carbocycles. The molecule has 1 amide bonds. The Balaban J connectivity index is 1.64. The Labute approximate surface area is 201 Å². The van der Waals surface area contributed by atoms with E-state index in [0.717, 1.165) is 17.7 Å². The highest BCUT2D eigenvalue weighted by atomic mass is 32.2. The van der Waals surface area contributed by atoms with Gasteiger partial charge in [-0.2, -0.15) is 0 Å². The molecule has 0 bridgehead atoms. The molecule has 0 radical (unpaired) electrons. The second-order valence-corrected chi connectivity index (χ2v) is 10.3. The van der Waals surface area contributed by atoms with Crippen LogP contribution in [0.1, 0.15) is 51.2 Å². The average molecular weight is 464 g/mol. The molecule has 1 atom stereocenters. The minimum absolute atomic E-state index is 0.0154. The van der Waals surface area contributed by atoms with Crippen molar-refractivity contribution in [1.82, 2.24) is 4.90 Å². The van der Waals surface area contributed by atoms with Crippen LogP contribution in [0.15, 0.2) is 58.4 Å². The van der Waals surface area contributed by atoms with Crippen LogP contribution in [0.5, 0.6) is 0 Å². The van der Waals surface area contributed by atoms with Gasteiger partial charge in [-0.3, -0.25) is 9.69 Å². The molecule has 2 aliphatic heterocycles. The van der Waals surface area contributed by atoms with E-state index in [1.165, 1.54) is 23.0 Å². The minimum Gasteiger partial charge on any atom is -0.380 e. The summed E-state index contributed by atoms with van der Waals surface area (Å²) in [5.41, 5.74) is 4.64. The number of amidine groups is 1. The Hall–Kier alpha value is -2.57. The number of aliphatic imine (C=N–C) groups is 1. The third-order valence-electron chi connectivity index (χ3n) is 6.49. The van der Waals surface area contributed by atoms with Crippen LogP contribution in [-0.2, 0) is 9.53 Å². The van der Waals surface area contributed by atoms with Gasteiger partial charge in [0.2, 0.25) is 0 Å². The second kappa shape index (κ2) is 9.74. The third kappa shape index (κ3) is 5.02. The summed E-state index contributed by atoms with van der Waals surface area (Å²) in [6.45, 7) is 10.4. The highest BCUT2D eigenvalue weighted by Gasteiger charge is 2.35. The molecule has 2 aromatic rings. The number of fused-ring (bicyclic) bond motifs is 1. The van der Waals surface area contributed by atoms with Gasteiger partial charge in [0.25, 0.3) is 5.91 Å². The highest BCUT2D eigenvalue weighted by molar-refractivity contribution is 8.18. The van der Waals surface area contributed by atoms with Crippen molar-refractivity contribution in [2.45, 2.75) is 45.6 Å². The zero-order valence-corrected chi connectivity index (χ0v) is 21.0. The van der Waals surface area contributed by atoms with Crippen LogP contribution >= 0.6 is 11.8 Å². The Morgan fingerprint density at radius 2 is 1.97 bits per heavy atom. The zero-order chi connectivity index (χ0) is 23.6. The second-order valence-electron chi connectivity index (χ2n) is 9.29. The Morgan fingerprint density at radius 3 is 2.70 bits per heavy atom. The van der Waals surface area contributed by atoms with E-state index in [9.17, 15) is 4.79 Å². The van der Waals surface area contributed by atoms with Gasteiger partial charge < -0.3 is 9.64 Å². The number of ether oxygens (including phenoxy) is 1. The lowest BCUT2D eigenvalue weighted by atomic mass is 9.80. The summed E-state index contributed by atoms with van der Waals surface area (Å²) < 4.78 is 5.51. The van der Waals surface area contributed by atoms with E-state index < -0.39 is 0 Å². The van der Waals surface area contributed by atoms with Gasteiger partial charge in [0.15, 0.2) is 5.17 Å². The molecule has 6 heteroatoms. The summed E-state index contributed by atoms with van der Waals surface area (Å²) in [5, 5.41) is 0.699. The number of nitrogens with zero attached hydrogens (tertiary/aromatic N) is 3. The van der Waals surface area contributed by atoms with Crippen molar-refractivity contribution in [1.29, 1.82) is 0 Å². The van der Waals surface area contributed by atoms with E-state index in [1.807, 2.05) is 43.3 Å². The van der Waals surface area contributed by atoms with Gasteiger partial charge >= 0.3 is 0 Å². The maximum absolute atomic E-state index is 13.3. The monoisotopic (exact) mass is 463 g/mol. The smallest absolute Gasteiger partial charge is 0.266 e. The van der Waals surface area contributed by atoms with E-state index in [1.54, 1.807) is 4.90 Å². The molecule has 1 unspecified atom stereocenters. The fourth-order valence-corrected chi connectivity index (χ4v) is 5.56. The van der Waals surface area contributed by atoms with Crippen LogP contribution in [0.4, 0.5) is 11.4 Å². The molecule has 0 saturated carbocycles. The van der Waals surface area contributed by atoms with Gasteiger partial charge in [-0.15, -0.1) is 0 Å². The molecule has 0 N–H and O–H groups in total. The number of benzene rings is 2. The van der Waals surface area contributed by atoms with Crippen molar-refractivity contribution < 1.29 is 9.53 Å².